The summed E-state index contributed by atoms with van der Waals surface area (Å²) in [5, 5.41) is 22.5. The van der Waals surface area contributed by atoms with E-state index < -0.39 is 0 Å². The lowest BCUT2D eigenvalue weighted by Gasteiger charge is -2.13. The van der Waals surface area contributed by atoms with Crippen LogP contribution in [-0.2, 0) is 6.42 Å². The molecule has 116 valence electrons. The second-order valence-electron chi connectivity index (χ2n) is 5.52. The Morgan fingerprint density at radius 2 is 1.87 bits per heavy atom. The normalized spacial score (nSPS) is 10.9. The zero-order valence-electron chi connectivity index (χ0n) is 12.5. The van der Waals surface area contributed by atoms with E-state index in [4.69, 9.17) is 11.6 Å². The molecule has 0 saturated carbocycles. The van der Waals surface area contributed by atoms with Crippen LogP contribution in [0.4, 0.5) is 0 Å². The van der Waals surface area contributed by atoms with Crippen LogP contribution >= 0.6 is 11.6 Å². The Labute approximate surface area is 138 Å². The lowest BCUT2D eigenvalue weighted by atomic mass is 9.94. The van der Waals surface area contributed by atoms with Gasteiger partial charge in [0.15, 0.2) is 6.29 Å². The molecule has 0 unspecified atom stereocenters. The van der Waals surface area contributed by atoms with E-state index in [0.29, 0.717) is 28.9 Å². The van der Waals surface area contributed by atoms with Gasteiger partial charge in [0, 0.05) is 28.5 Å². The van der Waals surface area contributed by atoms with E-state index in [0.717, 1.165) is 16.3 Å². The molecule has 0 fully saturated rings. The summed E-state index contributed by atoms with van der Waals surface area (Å²) in [5.74, 6) is -0.221. The molecule has 0 saturated heterocycles. The highest BCUT2D eigenvalue weighted by molar-refractivity contribution is 6.35. The fraction of sp³-hybridized carbons (Fsp3) is 0.105. The van der Waals surface area contributed by atoms with Gasteiger partial charge in [-0.2, -0.15) is 0 Å². The molecule has 3 aromatic carbocycles. The van der Waals surface area contributed by atoms with Crippen molar-refractivity contribution in [2.75, 3.05) is 0 Å². The van der Waals surface area contributed by atoms with Gasteiger partial charge in [0.2, 0.25) is 0 Å². The van der Waals surface area contributed by atoms with Gasteiger partial charge in [0.05, 0.1) is 5.56 Å². The molecule has 3 rings (SSSR count). The topological polar surface area (TPSA) is 57.5 Å². The maximum atomic E-state index is 11.1. The minimum absolute atomic E-state index is 0.0169. The van der Waals surface area contributed by atoms with E-state index in [9.17, 15) is 15.0 Å². The number of hydrogen-bond donors (Lipinski definition) is 2. The van der Waals surface area contributed by atoms with Crippen molar-refractivity contribution < 1.29 is 15.0 Å². The number of aromatic hydroxyl groups is 2. The number of hydrogen-bond acceptors (Lipinski definition) is 3. The van der Waals surface area contributed by atoms with Gasteiger partial charge in [0.25, 0.3) is 0 Å². The Morgan fingerprint density at radius 1 is 1.09 bits per heavy atom. The highest BCUT2D eigenvalue weighted by atomic mass is 35.5. The van der Waals surface area contributed by atoms with Crippen molar-refractivity contribution in [2.45, 2.75) is 13.3 Å². The first kappa shape index (κ1) is 15.4. The van der Waals surface area contributed by atoms with E-state index in [1.807, 2.05) is 36.4 Å². The number of phenols is 2. The van der Waals surface area contributed by atoms with Crippen molar-refractivity contribution in [3.8, 4) is 11.5 Å². The maximum Gasteiger partial charge on any atom is 0.154 e. The Balaban J connectivity index is 2.07. The van der Waals surface area contributed by atoms with E-state index in [-0.39, 0.29) is 17.1 Å². The molecule has 0 aliphatic carbocycles. The molecule has 3 nitrogen and oxygen atoms in total. The van der Waals surface area contributed by atoms with Gasteiger partial charge in [-0.15, -0.1) is 0 Å². The van der Waals surface area contributed by atoms with Gasteiger partial charge in [-0.1, -0.05) is 41.9 Å². The molecule has 0 atom stereocenters. The Morgan fingerprint density at radius 3 is 2.61 bits per heavy atom. The molecule has 0 amide bonds. The number of benzene rings is 3. The minimum Gasteiger partial charge on any atom is -0.508 e. The van der Waals surface area contributed by atoms with E-state index in [2.05, 4.69) is 0 Å². The summed E-state index contributed by atoms with van der Waals surface area (Å²) in [5.41, 5.74) is 2.41. The number of phenolic OH excluding ortho intramolecular Hbond substituents is 2. The largest absolute Gasteiger partial charge is 0.508 e. The van der Waals surface area contributed by atoms with Crippen LogP contribution in [0.15, 0.2) is 42.5 Å². The average molecular weight is 327 g/mol. The van der Waals surface area contributed by atoms with Crippen LogP contribution in [0, 0.1) is 6.92 Å². The van der Waals surface area contributed by atoms with Gasteiger partial charge < -0.3 is 10.2 Å². The van der Waals surface area contributed by atoms with Gasteiger partial charge in [-0.05, 0) is 29.5 Å². The Hall–Kier alpha value is -2.52. The van der Waals surface area contributed by atoms with Crippen LogP contribution in [0.3, 0.4) is 0 Å². The van der Waals surface area contributed by atoms with Crippen molar-refractivity contribution in [3.63, 3.8) is 0 Å². The lowest BCUT2D eigenvalue weighted by Crippen LogP contribution is -1.98. The molecule has 0 radical (unpaired) electrons. The smallest absolute Gasteiger partial charge is 0.154 e. The van der Waals surface area contributed by atoms with Crippen molar-refractivity contribution in [1.29, 1.82) is 0 Å². The van der Waals surface area contributed by atoms with E-state index in [1.54, 1.807) is 6.92 Å². The minimum atomic E-state index is -0.205. The highest BCUT2D eigenvalue weighted by Crippen LogP contribution is 2.33. The van der Waals surface area contributed by atoms with Crippen LogP contribution in [-0.4, -0.2) is 16.5 Å². The van der Waals surface area contributed by atoms with E-state index in [1.165, 1.54) is 6.07 Å². The predicted molar refractivity (Wildman–Crippen MR) is 91.7 cm³/mol. The zero-order valence-corrected chi connectivity index (χ0v) is 13.3. The van der Waals surface area contributed by atoms with Crippen molar-refractivity contribution in [2.24, 2.45) is 0 Å². The number of rotatable bonds is 3. The number of fused-ring (bicyclic) bond motifs is 1. The monoisotopic (exact) mass is 326 g/mol. The van der Waals surface area contributed by atoms with Crippen LogP contribution in [0.5, 0.6) is 11.5 Å². The molecular weight excluding hydrogens is 312 g/mol. The molecule has 0 spiro atoms. The fourth-order valence-corrected chi connectivity index (χ4v) is 3.07. The summed E-state index contributed by atoms with van der Waals surface area (Å²) in [6, 6.07) is 12.8. The van der Waals surface area contributed by atoms with Gasteiger partial charge in [0.1, 0.15) is 11.5 Å². The average Bonchev–Trinajstić information content (AvgIpc) is 2.52. The Bertz CT molecular complexity index is 916. The summed E-state index contributed by atoms with van der Waals surface area (Å²) in [4.78, 5) is 11.1. The third-order valence-corrected chi connectivity index (χ3v) is 4.44. The second-order valence-corrected chi connectivity index (χ2v) is 5.93. The van der Waals surface area contributed by atoms with Crippen molar-refractivity contribution in [3.05, 3.63) is 69.7 Å². The second kappa shape index (κ2) is 5.94. The van der Waals surface area contributed by atoms with Gasteiger partial charge >= 0.3 is 0 Å². The standard InChI is InChI=1S/C19H15ClO3/c1-11-15(18(22)9-19(23)16(11)10-21)8-12-5-6-14-13(7-12)3-2-4-17(14)20/h2-7,9-10,22-23H,8H2,1H3. The summed E-state index contributed by atoms with van der Waals surface area (Å²) >= 11 is 6.17. The number of carbonyl (C=O) groups is 1. The predicted octanol–water partition coefficient (Wildman–Crippen LogP) is 4.62. The first-order chi connectivity index (χ1) is 11.0. The molecule has 0 heterocycles. The van der Waals surface area contributed by atoms with Crippen molar-refractivity contribution in [1.82, 2.24) is 0 Å². The summed E-state index contributed by atoms with van der Waals surface area (Å²) in [6.45, 7) is 1.72. The van der Waals surface area contributed by atoms with Crippen LogP contribution in [0.2, 0.25) is 5.02 Å². The SMILES string of the molecule is Cc1c(C=O)c(O)cc(O)c1Cc1ccc2c(Cl)cccc2c1. The molecule has 0 aromatic heterocycles. The van der Waals surface area contributed by atoms with Crippen LogP contribution < -0.4 is 0 Å². The van der Waals surface area contributed by atoms with Crippen molar-refractivity contribution >= 4 is 28.7 Å². The quantitative estimate of drug-likeness (QED) is 0.691. The first-order valence-corrected chi connectivity index (χ1v) is 7.56. The summed E-state index contributed by atoms with van der Waals surface area (Å²) < 4.78 is 0. The Kier molecular flexibility index (Phi) is 3.97. The number of halogens is 1. The molecule has 3 aromatic rings. The molecular formula is C19H15ClO3. The van der Waals surface area contributed by atoms with Crippen LogP contribution in [0.1, 0.15) is 27.0 Å². The molecule has 0 aliphatic rings. The molecule has 4 heteroatoms. The lowest BCUT2D eigenvalue weighted by molar-refractivity contribution is 0.112. The number of carbonyl (C=O) groups excluding carboxylic acids is 1. The summed E-state index contributed by atoms with van der Waals surface area (Å²) in [7, 11) is 0. The van der Waals surface area contributed by atoms with Gasteiger partial charge in [-0.25, -0.2) is 0 Å². The number of aldehydes is 1. The molecule has 0 bridgehead atoms. The fourth-order valence-electron chi connectivity index (χ4n) is 2.82. The highest BCUT2D eigenvalue weighted by Gasteiger charge is 2.14. The first-order valence-electron chi connectivity index (χ1n) is 7.18. The van der Waals surface area contributed by atoms with E-state index >= 15 is 0 Å². The van der Waals surface area contributed by atoms with Gasteiger partial charge in [-0.3, -0.25) is 4.79 Å². The molecule has 0 aliphatic heterocycles. The molecule has 23 heavy (non-hydrogen) atoms. The third kappa shape index (κ3) is 2.76. The summed E-state index contributed by atoms with van der Waals surface area (Å²) in [6.07, 6.45) is 1.06. The maximum absolute atomic E-state index is 11.1. The molecule has 2 N–H and O–H groups in total. The van der Waals surface area contributed by atoms with Crippen LogP contribution in [0.25, 0.3) is 10.8 Å². The zero-order chi connectivity index (χ0) is 16.6. The third-order valence-electron chi connectivity index (χ3n) is 4.11.